The number of ether oxygens (including phenoxy) is 2. The minimum absolute atomic E-state index is 0.0810. The van der Waals surface area contributed by atoms with Crippen LogP contribution in [0.15, 0.2) is 48.6 Å². The zero-order valence-corrected chi connectivity index (χ0v) is 33.6. The summed E-state index contributed by atoms with van der Waals surface area (Å²) in [5.74, 6) is -0.634. The van der Waals surface area contributed by atoms with Gasteiger partial charge in [0.25, 0.3) is 0 Å². The van der Waals surface area contributed by atoms with E-state index in [-0.39, 0.29) is 25.2 Å². The number of esters is 2. The first kappa shape index (κ1) is 48.9. The first-order valence-electron chi connectivity index (χ1n) is 21.7. The van der Waals surface area contributed by atoms with Gasteiger partial charge in [0.15, 0.2) is 6.10 Å². The van der Waals surface area contributed by atoms with E-state index in [1.807, 2.05) is 0 Å². The second-order valence-electron chi connectivity index (χ2n) is 14.4. The van der Waals surface area contributed by atoms with Crippen LogP contribution in [0.2, 0.25) is 0 Å². The van der Waals surface area contributed by atoms with Crippen molar-refractivity contribution in [1.82, 2.24) is 0 Å². The van der Waals surface area contributed by atoms with Gasteiger partial charge < -0.3 is 14.6 Å². The first-order valence-corrected chi connectivity index (χ1v) is 21.7. The van der Waals surface area contributed by atoms with Gasteiger partial charge in [-0.15, -0.1) is 0 Å². The largest absolute Gasteiger partial charge is 0.462 e. The van der Waals surface area contributed by atoms with Gasteiger partial charge in [-0.25, -0.2) is 0 Å². The van der Waals surface area contributed by atoms with E-state index >= 15 is 0 Å². The Balaban J connectivity index is 3.53. The van der Waals surface area contributed by atoms with Crippen LogP contribution in [0.25, 0.3) is 0 Å². The van der Waals surface area contributed by atoms with Crippen molar-refractivity contribution in [3.05, 3.63) is 48.6 Å². The molecule has 0 fully saturated rings. The molecule has 51 heavy (non-hydrogen) atoms. The molecule has 296 valence electrons. The second kappa shape index (κ2) is 42.3. The molecule has 1 atom stereocenters. The number of unbranched alkanes of at least 4 members (excludes halogenated alkanes) is 23. The molecule has 0 aliphatic rings. The van der Waals surface area contributed by atoms with Crippen LogP contribution in [0.5, 0.6) is 0 Å². The van der Waals surface area contributed by atoms with Crippen LogP contribution in [0.1, 0.15) is 213 Å². The van der Waals surface area contributed by atoms with Crippen molar-refractivity contribution in [1.29, 1.82) is 0 Å². The van der Waals surface area contributed by atoms with Crippen LogP contribution in [-0.2, 0) is 19.1 Å². The molecule has 1 unspecified atom stereocenters. The van der Waals surface area contributed by atoms with E-state index in [1.54, 1.807) is 0 Å². The number of allylic oxidation sites excluding steroid dienone is 8. The molecule has 0 saturated heterocycles. The lowest BCUT2D eigenvalue weighted by atomic mass is 10.0. The summed E-state index contributed by atoms with van der Waals surface area (Å²) in [7, 11) is 0. The lowest BCUT2D eigenvalue weighted by molar-refractivity contribution is -0.161. The topological polar surface area (TPSA) is 72.8 Å². The number of rotatable bonds is 39. The molecule has 0 aliphatic carbocycles. The fraction of sp³-hybridized carbons (Fsp3) is 0.783. The Morgan fingerprint density at radius 2 is 0.843 bits per heavy atom. The molecule has 1 N–H and O–H groups in total. The Kier molecular flexibility index (Phi) is 40.5. The molecule has 0 bridgehead atoms. The number of hydrogen-bond donors (Lipinski definition) is 1. The summed E-state index contributed by atoms with van der Waals surface area (Å²) in [5, 5.41) is 9.56. The van der Waals surface area contributed by atoms with Gasteiger partial charge in [0.05, 0.1) is 6.61 Å². The van der Waals surface area contributed by atoms with Crippen LogP contribution >= 0.6 is 0 Å². The van der Waals surface area contributed by atoms with Crippen molar-refractivity contribution in [2.75, 3.05) is 13.2 Å². The Morgan fingerprint density at radius 1 is 0.471 bits per heavy atom. The highest BCUT2D eigenvalue weighted by atomic mass is 16.6. The Labute approximate surface area is 316 Å². The molecule has 0 heterocycles. The zero-order chi connectivity index (χ0) is 37.1. The summed E-state index contributed by atoms with van der Waals surface area (Å²) in [6.07, 6.45) is 53.4. The highest BCUT2D eigenvalue weighted by molar-refractivity contribution is 5.70. The third-order valence-corrected chi connectivity index (χ3v) is 9.39. The van der Waals surface area contributed by atoms with Crippen LogP contribution < -0.4 is 0 Å². The van der Waals surface area contributed by atoms with Gasteiger partial charge in [0, 0.05) is 12.8 Å². The van der Waals surface area contributed by atoms with Gasteiger partial charge >= 0.3 is 11.9 Å². The quantitative estimate of drug-likeness (QED) is 0.0390. The number of aliphatic hydroxyl groups excluding tert-OH is 1. The maximum Gasteiger partial charge on any atom is 0.306 e. The Hall–Kier alpha value is -2.14. The maximum atomic E-state index is 12.2. The number of carbonyl (C=O) groups excluding carboxylic acids is 2. The van der Waals surface area contributed by atoms with Gasteiger partial charge in [-0.1, -0.05) is 197 Å². The normalized spacial score (nSPS) is 12.6. The highest BCUT2D eigenvalue weighted by Gasteiger charge is 2.16. The van der Waals surface area contributed by atoms with Gasteiger partial charge in [0.1, 0.15) is 6.61 Å². The van der Waals surface area contributed by atoms with Crippen LogP contribution in [0.4, 0.5) is 0 Å². The molecule has 0 saturated carbocycles. The molecule has 0 aromatic carbocycles. The van der Waals surface area contributed by atoms with Crippen molar-refractivity contribution < 1.29 is 24.2 Å². The highest BCUT2D eigenvalue weighted by Crippen LogP contribution is 2.16. The molecule has 0 aliphatic heterocycles. The molecular formula is C46H82O5. The third kappa shape index (κ3) is 40.5. The van der Waals surface area contributed by atoms with Gasteiger partial charge in [-0.3, -0.25) is 9.59 Å². The standard InChI is InChI=1S/C46H82O5/c1-3-5-7-9-11-13-15-17-19-20-21-22-23-24-25-27-28-30-32-34-36-38-40-45(48)50-43-44(42-47)51-46(49)41-39-37-35-33-31-29-26-18-16-14-12-10-8-6-4-2/h6,8,12,14,18,26,31,33,44,47H,3-5,7,9-11,13,15-17,19-25,27-30,32,34-43H2,1-2H3/b8-6-,14-12-,26-18-,33-31-. The predicted molar refractivity (Wildman–Crippen MR) is 219 cm³/mol. The van der Waals surface area contributed by atoms with Crippen molar-refractivity contribution in [3.8, 4) is 0 Å². The molecule has 0 aromatic rings. The summed E-state index contributed by atoms with van der Waals surface area (Å²) in [6.45, 7) is 4.00. The lowest BCUT2D eigenvalue weighted by Gasteiger charge is -2.15. The summed E-state index contributed by atoms with van der Waals surface area (Å²) in [5.41, 5.74) is 0. The summed E-state index contributed by atoms with van der Waals surface area (Å²) < 4.78 is 10.6. The van der Waals surface area contributed by atoms with Gasteiger partial charge in [-0.2, -0.15) is 0 Å². The predicted octanol–water partition coefficient (Wildman–Crippen LogP) is 13.8. The minimum Gasteiger partial charge on any atom is -0.462 e. The molecule has 0 aromatic heterocycles. The van der Waals surface area contributed by atoms with E-state index in [1.165, 1.54) is 122 Å². The van der Waals surface area contributed by atoms with E-state index in [4.69, 9.17) is 9.47 Å². The minimum atomic E-state index is -0.791. The number of carbonyl (C=O) groups is 2. The SMILES string of the molecule is CC/C=C\C/C=C\C/C=C\C/C=C\CCCCC(=O)OC(CO)COC(=O)CCCCCCCCCCCCCCCCCCCCCCCC. The van der Waals surface area contributed by atoms with Gasteiger partial charge in [-0.05, 0) is 51.4 Å². The first-order chi connectivity index (χ1) is 25.1. The Bertz CT molecular complexity index is 858. The fourth-order valence-corrected chi connectivity index (χ4v) is 6.13. The molecule has 5 nitrogen and oxygen atoms in total. The molecule has 0 rings (SSSR count). The van der Waals surface area contributed by atoms with E-state index in [0.29, 0.717) is 12.8 Å². The second-order valence-corrected chi connectivity index (χ2v) is 14.4. The molecule has 0 radical (unpaired) electrons. The molecule has 0 amide bonds. The van der Waals surface area contributed by atoms with Crippen LogP contribution in [0.3, 0.4) is 0 Å². The Morgan fingerprint density at radius 3 is 1.27 bits per heavy atom. The van der Waals surface area contributed by atoms with Gasteiger partial charge in [0.2, 0.25) is 0 Å². The maximum absolute atomic E-state index is 12.2. The van der Waals surface area contributed by atoms with E-state index in [0.717, 1.165) is 64.2 Å². The van der Waals surface area contributed by atoms with Crippen molar-refractivity contribution in [2.45, 2.75) is 219 Å². The molecular weight excluding hydrogens is 633 g/mol. The zero-order valence-electron chi connectivity index (χ0n) is 33.6. The average Bonchev–Trinajstić information content (AvgIpc) is 3.13. The van der Waals surface area contributed by atoms with Crippen molar-refractivity contribution in [2.24, 2.45) is 0 Å². The van der Waals surface area contributed by atoms with Crippen LogP contribution in [-0.4, -0.2) is 36.4 Å². The lowest BCUT2D eigenvalue weighted by Crippen LogP contribution is -2.28. The number of aliphatic hydroxyl groups is 1. The van der Waals surface area contributed by atoms with E-state index in [2.05, 4.69) is 62.5 Å². The summed E-state index contributed by atoms with van der Waals surface area (Å²) >= 11 is 0. The van der Waals surface area contributed by atoms with Crippen LogP contribution in [0, 0.1) is 0 Å². The monoisotopic (exact) mass is 715 g/mol. The molecule has 0 spiro atoms. The smallest absolute Gasteiger partial charge is 0.306 e. The third-order valence-electron chi connectivity index (χ3n) is 9.39. The van der Waals surface area contributed by atoms with E-state index in [9.17, 15) is 14.7 Å². The average molecular weight is 715 g/mol. The molecule has 5 heteroatoms. The fourth-order valence-electron chi connectivity index (χ4n) is 6.13. The van der Waals surface area contributed by atoms with E-state index < -0.39 is 6.10 Å². The van der Waals surface area contributed by atoms with Crippen molar-refractivity contribution in [3.63, 3.8) is 0 Å². The van der Waals surface area contributed by atoms with Crippen molar-refractivity contribution >= 4 is 11.9 Å². The number of hydrogen-bond acceptors (Lipinski definition) is 5. The summed E-state index contributed by atoms with van der Waals surface area (Å²) in [6, 6.07) is 0. The summed E-state index contributed by atoms with van der Waals surface area (Å²) in [4.78, 5) is 24.3.